The zero-order valence-electron chi connectivity index (χ0n) is 10.1. The van der Waals surface area contributed by atoms with Crippen LogP contribution in [0.2, 0.25) is 0 Å². The van der Waals surface area contributed by atoms with Crippen LogP contribution in [0.15, 0.2) is 12.5 Å². The smallest absolute Gasteiger partial charge is 0.272 e. The second-order valence-corrected chi connectivity index (χ2v) is 5.31. The minimum atomic E-state index is 0.127. The van der Waals surface area contributed by atoms with Gasteiger partial charge in [-0.15, -0.1) is 0 Å². The summed E-state index contributed by atoms with van der Waals surface area (Å²) in [5.41, 5.74) is 0.691. The lowest BCUT2D eigenvalue weighted by molar-refractivity contribution is 0.0720. The van der Waals surface area contributed by atoms with E-state index >= 15 is 0 Å². The van der Waals surface area contributed by atoms with Crippen molar-refractivity contribution in [3.63, 3.8) is 0 Å². The van der Waals surface area contributed by atoms with Gasteiger partial charge < -0.3 is 9.47 Å². The number of aryl methyl sites for hydroxylation is 1. The van der Waals surface area contributed by atoms with Crippen LogP contribution < -0.4 is 0 Å². The van der Waals surface area contributed by atoms with Crippen molar-refractivity contribution in [1.29, 1.82) is 0 Å². The number of imidazole rings is 1. The maximum atomic E-state index is 12.4. The van der Waals surface area contributed by atoms with Gasteiger partial charge in [-0.2, -0.15) is 0 Å². The van der Waals surface area contributed by atoms with Crippen molar-refractivity contribution in [3.8, 4) is 0 Å². The number of alkyl halides is 1. The van der Waals surface area contributed by atoms with Crippen molar-refractivity contribution < 1.29 is 4.79 Å². The number of hydrogen-bond acceptors (Lipinski definition) is 2. The molecule has 0 aromatic carbocycles. The summed E-state index contributed by atoms with van der Waals surface area (Å²) in [6.07, 6.45) is 7.81. The lowest BCUT2D eigenvalue weighted by Crippen LogP contribution is -2.36. The predicted octanol–water partition coefficient (Wildman–Crippen LogP) is 2.20. The first kappa shape index (κ1) is 12.6. The third-order valence-electron chi connectivity index (χ3n) is 3.34. The zero-order chi connectivity index (χ0) is 12.3. The summed E-state index contributed by atoms with van der Waals surface area (Å²) in [6, 6.07) is 0.412. The van der Waals surface area contributed by atoms with Crippen molar-refractivity contribution >= 4 is 21.8 Å². The second kappa shape index (κ2) is 5.67. The number of hydrogen-bond donors (Lipinski definition) is 0. The van der Waals surface area contributed by atoms with E-state index in [0.717, 1.165) is 37.6 Å². The fraction of sp³-hybridized carbons (Fsp3) is 0.667. The van der Waals surface area contributed by atoms with Crippen molar-refractivity contribution in [2.24, 2.45) is 7.05 Å². The minimum absolute atomic E-state index is 0.127. The highest BCUT2D eigenvalue weighted by atomic mass is 79.9. The van der Waals surface area contributed by atoms with Crippen LogP contribution in [0.3, 0.4) is 0 Å². The topological polar surface area (TPSA) is 38.1 Å². The molecule has 0 bridgehead atoms. The van der Waals surface area contributed by atoms with Gasteiger partial charge in [0.2, 0.25) is 0 Å². The quantitative estimate of drug-likeness (QED) is 0.800. The third-order valence-corrected chi connectivity index (χ3v) is 3.91. The first-order chi connectivity index (χ1) is 8.24. The van der Waals surface area contributed by atoms with Crippen LogP contribution in [0.4, 0.5) is 0 Å². The molecule has 1 saturated heterocycles. The molecule has 1 unspecified atom stereocenters. The van der Waals surface area contributed by atoms with E-state index in [2.05, 4.69) is 20.9 Å². The molecule has 1 aromatic heterocycles. The van der Waals surface area contributed by atoms with E-state index in [-0.39, 0.29) is 5.91 Å². The number of carbonyl (C=O) groups excluding carboxylic acids is 1. The number of rotatable bonds is 4. The van der Waals surface area contributed by atoms with Crippen LogP contribution >= 0.6 is 15.9 Å². The summed E-state index contributed by atoms with van der Waals surface area (Å²) < 4.78 is 1.79. The molecule has 0 aliphatic carbocycles. The molecule has 2 heterocycles. The minimum Gasteiger partial charge on any atom is -0.334 e. The van der Waals surface area contributed by atoms with Gasteiger partial charge in [-0.3, -0.25) is 4.79 Å². The fourth-order valence-corrected chi connectivity index (χ4v) is 2.75. The number of aromatic nitrogens is 2. The van der Waals surface area contributed by atoms with Crippen LogP contribution in [0.1, 0.15) is 36.2 Å². The Labute approximate surface area is 110 Å². The monoisotopic (exact) mass is 299 g/mol. The van der Waals surface area contributed by atoms with E-state index in [9.17, 15) is 4.79 Å². The lowest BCUT2D eigenvalue weighted by Gasteiger charge is -2.24. The number of likely N-dealkylation sites (tertiary alicyclic amines) is 1. The Balaban J connectivity index is 2.06. The van der Waals surface area contributed by atoms with Gasteiger partial charge in [0.1, 0.15) is 5.69 Å². The second-order valence-electron chi connectivity index (χ2n) is 4.52. The molecule has 0 N–H and O–H groups in total. The van der Waals surface area contributed by atoms with Crippen LogP contribution in [-0.2, 0) is 7.05 Å². The first-order valence-electron chi connectivity index (χ1n) is 6.07. The Morgan fingerprint density at radius 2 is 2.47 bits per heavy atom. The predicted molar refractivity (Wildman–Crippen MR) is 70.3 cm³/mol. The molecule has 1 aromatic rings. The average Bonchev–Trinajstić information content (AvgIpc) is 2.94. The molecule has 17 heavy (non-hydrogen) atoms. The summed E-state index contributed by atoms with van der Waals surface area (Å²) in [7, 11) is 1.86. The third kappa shape index (κ3) is 2.70. The van der Waals surface area contributed by atoms with Crippen molar-refractivity contribution in [2.45, 2.75) is 31.7 Å². The molecule has 1 atom stereocenters. The van der Waals surface area contributed by atoms with Crippen LogP contribution in [0.25, 0.3) is 0 Å². The van der Waals surface area contributed by atoms with Gasteiger partial charge in [0.05, 0.1) is 12.5 Å². The molecular formula is C12H18BrN3O. The molecule has 0 saturated carbocycles. The van der Waals surface area contributed by atoms with Gasteiger partial charge in [-0.1, -0.05) is 15.9 Å². The van der Waals surface area contributed by atoms with Crippen LogP contribution in [0, 0.1) is 0 Å². The summed E-state index contributed by atoms with van der Waals surface area (Å²) in [6.45, 7) is 0.886. The molecule has 2 rings (SSSR count). The van der Waals surface area contributed by atoms with E-state index in [4.69, 9.17) is 0 Å². The molecule has 5 heteroatoms. The van der Waals surface area contributed by atoms with Crippen molar-refractivity contribution in [1.82, 2.24) is 14.5 Å². The van der Waals surface area contributed by atoms with Crippen LogP contribution in [0.5, 0.6) is 0 Å². The maximum absolute atomic E-state index is 12.4. The molecule has 1 fully saturated rings. The summed E-state index contributed by atoms with van der Waals surface area (Å²) in [4.78, 5) is 18.4. The maximum Gasteiger partial charge on any atom is 0.272 e. The number of carbonyl (C=O) groups is 1. The highest BCUT2D eigenvalue weighted by Gasteiger charge is 2.29. The molecular weight excluding hydrogens is 282 g/mol. The van der Waals surface area contributed by atoms with Crippen molar-refractivity contribution in [3.05, 3.63) is 18.2 Å². The first-order valence-corrected chi connectivity index (χ1v) is 7.19. The highest BCUT2D eigenvalue weighted by Crippen LogP contribution is 2.23. The molecule has 1 aliphatic heterocycles. The molecule has 94 valence electrons. The molecule has 4 nitrogen and oxygen atoms in total. The van der Waals surface area contributed by atoms with Gasteiger partial charge >= 0.3 is 0 Å². The normalized spacial score (nSPS) is 19.9. The zero-order valence-corrected chi connectivity index (χ0v) is 11.7. The summed E-state index contributed by atoms with van der Waals surface area (Å²) >= 11 is 3.45. The number of nitrogens with zero attached hydrogens (tertiary/aromatic N) is 3. The Morgan fingerprint density at radius 3 is 3.12 bits per heavy atom. The summed E-state index contributed by atoms with van der Waals surface area (Å²) in [5, 5.41) is 1.01. The molecule has 0 spiro atoms. The summed E-state index contributed by atoms with van der Waals surface area (Å²) in [5.74, 6) is 0.127. The fourth-order valence-electron chi connectivity index (χ4n) is 2.43. The van der Waals surface area contributed by atoms with Crippen molar-refractivity contribution in [2.75, 3.05) is 11.9 Å². The Kier molecular flexibility index (Phi) is 4.20. The van der Waals surface area contributed by atoms with Gasteiger partial charge in [0, 0.05) is 25.0 Å². The highest BCUT2D eigenvalue weighted by molar-refractivity contribution is 9.09. The van der Waals surface area contributed by atoms with E-state index in [1.54, 1.807) is 17.1 Å². The van der Waals surface area contributed by atoms with Gasteiger partial charge in [0.25, 0.3) is 5.91 Å². The van der Waals surface area contributed by atoms with Crippen LogP contribution in [-0.4, -0.2) is 38.3 Å². The van der Waals surface area contributed by atoms with E-state index in [0.29, 0.717) is 11.7 Å². The van der Waals surface area contributed by atoms with Gasteiger partial charge in [-0.05, 0) is 25.7 Å². The van der Waals surface area contributed by atoms with Gasteiger partial charge in [-0.25, -0.2) is 4.98 Å². The molecule has 1 amide bonds. The number of halogens is 1. The molecule has 0 radical (unpaired) electrons. The Hall–Kier alpha value is -0.840. The Bertz CT molecular complexity index is 391. The van der Waals surface area contributed by atoms with E-state index < -0.39 is 0 Å². The molecule has 1 aliphatic rings. The van der Waals surface area contributed by atoms with E-state index in [1.807, 2.05) is 11.9 Å². The Morgan fingerprint density at radius 1 is 1.65 bits per heavy atom. The average molecular weight is 300 g/mol. The largest absolute Gasteiger partial charge is 0.334 e. The standard InChI is InChI=1S/C12H18BrN3O/c1-15-9-14-8-11(15)12(17)16-7-3-5-10(16)4-2-6-13/h8-10H,2-7H2,1H3. The lowest BCUT2D eigenvalue weighted by atomic mass is 10.1. The van der Waals surface area contributed by atoms with E-state index in [1.165, 1.54) is 0 Å². The SMILES string of the molecule is Cn1cncc1C(=O)N1CCCC1CCCBr. The van der Waals surface area contributed by atoms with Gasteiger partial charge in [0.15, 0.2) is 0 Å². The number of amides is 1.